The number of carbonyl (C=O) groups is 1. The molecule has 3 rings (SSSR count). The van der Waals surface area contributed by atoms with Crippen molar-refractivity contribution in [3.8, 4) is 5.75 Å². The molecule has 0 bridgehead atoms. The lowest BCUT2D eigenvalue weighted by molar-refractivity contribution is -0.119. The molecule has 1 amide bonds. The van der Waals surface area contributed by atoms with Crippen molar-refractivity contribution >= 4 is 34.0 Å². The fourth-order valence-electron chi connectivity index (χ4n) is 2.48. The number of benzene rings is 2. The number of nitrogens with one attached hydrogen (secondary N) is 1. The molecule has 1 heterocycles. The zero-order valence-corrected chi connectivity index (χ0v) is 14.4. The number of methoxy groups -OCH3 is 1. The second-order valence-corrected chi connectivity index (χ2v) is 5.90. The van der Waals surface area contributed by atoms with E-state index in [1.165, 1.54) is 11.8 Å². The Balaban J connectivity index is 1.87. The molecule has 0 aliphatic heterocycles. The molecule has 0 saturated carbocycles. The van der Waals surface area contributed by atoms with Gasteiger partial charge in [0.2, 0.25) is 5.91 Å². The fraction of sp³-hybridized carbons (Fsp3) is 0.167. The molecule has 25 heavy (non-hydrogen) atoms. The van der Waals surface area contributed by atoms with Gasteiger partial charge in [-0.3, -0.25) is 9.59 Å². The Kier molecular flexibility index (Phi) is 4.72. The minimum Gasteiger partial charge on any atom is -0.495 e. The van der Waals surface area contributed by atoms with Gasteiger partial charge in [0, 0.05) is 11.1 Å². The van der Waals surface area contributed by atoms with Crippen LogP contribution in [0, 0.1) is 0 Å². The number of ether oxygens (including phenoxy) is 1. The summed E-state index contributed by atoms with van der Waals surface area (Å²) in [6.45, 7) is 1.61. The Hall–Kier alpha value is -2.86. The largest absolute Gasteiger partial charge is 0.495 e. The van der Waals surface area contributed by atoms with Crippen molar-refractivity contribution in [1.82, 2.24) is 9.78 Å². The summed E-state index contributed by atoms with van der Waals surface area (Å²) in [5, 5.41) is 8.48. The number of nitrogens with zero attached hydrogens (tertiary/aromatic N) is 2. The maximum Gasteiger partial charge on any atom is 0.275 e. The summed E-state index contributed by atoms with van der Waals surface area (Å²) in [6, 6.07) is 11.3. The Bertz CT molecular complexity index is 1000. The van der Waals surface area contributed by atoms with Gasteiger partial charge < -0.3 is 10.1 Å². The lowest BCUT2D eigenvalue weighted by atomic mass is 10.2. The van der Waals surface area contributed by atoms with E-state index in [0.29, 0.717) is 21.8 Å². The highest BCUT2D eigenvalue weighted by molar-refractivity contribution is 6.32. The smallest absolute Gasteiger partial charge is 0.275 e. The lowest BCUT2D eigenvalue weighted by Gasteiger charge is -2.15. The van der Waals surface area contributed by atoms with Gasteiger partial charge in [-0.1, -0.05) is 29.8 Å². The van der Waals surface area contributed by atoms with E-state index < -0.39 is 6.04 Å². The minimum atomic E-state index is -0.780. The highest BCUT2D eigenvalue weighted by Crippen LogP contribution is 2.27. The molecular formula is C18H16ClN3O3. The van der Waals surface area contributed by atoms with E-state index in [4.69, 9.17) is 16.3 Å². The Labute approximate surface area is 149 Å². The number of carbonyl (C=O) groups excluding carboxylic acids is 1. The van der Waals surface area contributed by atoms with Crippen LogP contribution in [0.25, 0.3) is 10.8 Å². The molecule has 7 heteroatoms. The molecule has 0 saturated heterocycles. The molecule has 0 radical (unpaired) electrons. The standard InChI is InChI=1S/C18H16ClN3O3/c1-11(17(23)21-13-7-8-16(25-2)15(19)9-13)22-18(24)14-6-4-3-5-12(14)10-20-22/h3-11H,1-2H3,(H,21,23)/t11-/m0/s1. The normalized spacial score (nSPS) is 12.0. The molecule has 0 aliphatic carbocycles. The van der Waals surface area contributed by atoms with Gasteiger partial charge in [0.25, 0.3) is 5.56 Å². The summed E-state index contributed by atoms with van der Waals surface area (Å²) < 4.78 is 6.25. The van der Waals surface area contributed by atoms with Crippen molar-refractivity contribution in [3.63, 3.8) is 0 Å². The van der Waals surface area contributed by atoms with E-state index in [9.17, 15) is 9.59 Å². The van der Waals surface area contributed by atoms with Crippen LogP contribution in [0.1, 0.15) is 13.0 Å². The first-order valence-electron chi connectivity index (χ1n) is 7.62. The van der Waals surface area contributed by atoms with Crippen molar-refractivity contribution in [2.75, 3.05) is 12.4 Å². The van der Waals surface area contributed by atoms with Gasteiger partial charge >= 0.3 is 0 Å². The number of rotatable bonds is 4. The molecule has 128 valence electrons. The summed E-state index contributed by atoms with van der Waals surface area (Å²) >= 11 is 6.06. The molecule has 1 N–H and O–H groups in total. The second kappa shape index (κ2) is 6.94. The third-order valence-corrected chi connectivity index (χ3v) is 4.18. The second-order valence-electron chi connectivity index (χ2n) is 5.50. The molecule has 6 nitrogen and oxygen atoms in total. The minimum absolute atomic E-state index is 0.312. The number of halogens is 1. The number of hydrogen-bond donors (Lipinski definition) is 1. The highest BCUT2D eigenvalue weighted by atomic mass is 35.5. The first kappa shape index (κ1) is 17.0. The van der Waals surface area contributed by atoms with Crippen molar-refractivity contribution < 1.29 is 9.53 Å². The predicted octanol–water partition coefficient (Wildman–Crippen LogP) is 3.26. The first-order valence-corrected chi connectivity index (χ1v) is 8.00. The topological polar surface area (TPSA) is 73.2 Å². The van der Waals surface area contributed by atoms with Crippen molar-refractivity contribution in [2.45, 2.75) is 13.0 Å². The summed E-state index contributed by atoms with van der Waals surface area (Å²) in [6.07, 6.45) is 1.57. The average molecular weight is 358 g/mol. The number of aromatic nitrogens is 2. The van der Waals surface area contributed by atoms with Crippen molar-refractivity contribution in [3.05, 3.63) is 64.0 Å². The van der Waals surface area contributed by atoms with Crippen LogP contribution in [0.5, 0.6) is 5.75 Å². The average Bonchev–Trinajstić information content (AvgIpc) is 2.62. The van der Waals surface area contributed by atoms with Crippen LogP contribution >= 0.6 is 11.6 Å². The number of hydrogen-bond acceptors (Lipinski definition) is 4. The SMILES string of the molecule is COc1ccc(NC(=O)[C@H](C)n2ncc3ccccc3c2=O)cc1Cl. The molecule has 0 fully saturated rings. The molecule has 0 spiro atoms. The van der Waals surface area contributed by atoms with Crippen LogP contribution in [-0.2, 0) is 4.79 Å². The summed E-state index contributed by atoms with van der Waals surface area (Å²) in [4.78, 5) is 25.0. The molecular weight excluding hydrogens is 342 g/mol. The monoisotopic (exact) mass is 357 g/mol. The van der Waals surface area contributed by atoms with E-state index >= 15 is 0 Å². The number of anilines is 1. The number of fused-ring (bicyclic) bond motifs is 1. The summed E-state index contributed by atoms with van der Waals surface area (Å²) in [5.41, 5.74) is 0.199. The van der Waals surface area contributed by atoms with E-state index in [1.54, 1.807) is 49.5 Å². The Morgan fingerprint density at radius 3 is 2.76 bits per heavy atom. The maximum absolute atomic E-state index is 12.5. The summed E-state index contributed by atoms with van der Waals surface area (Å²) in [5.74, 6) is 0.145. The molecule has 0 aliphatic rings. The Morgan fingerprint density at radius 2 is 2.04 bits per heavy atom. The molecule has 2 aromatic carbocycles. The van der Waals surface area contributed by atoms with Crippen LogP contribution in [0.3, 0.4) is 0 Å². The third-order valence-electron chi connectivity index (χ3n) is 3.89. The van der Waals surface area contributed by atoms with Gasteiger partial charge in [0.05, 0.1) is 23.7 Å². The van der Waals surface area contributed by atoms with E-state index in [0.717, 1.165) is 5.39 Å². The highest BCUT2D eigenvalue weighted by Gasteiger charge is 2.19. The van der Waals surface area contributed by atoms with E-state index in [2.05, 4.69) is 10.4 Å². The zero-order valence-electron chi connectivity index (χ0n) is 13.7. The Morgan fingerprint density at radius 1 is 1.28 bits per heavy atom. The van der Waals surface area contributed by atoms with Gasteiger partial charge in [-0.2, -0.15) is 5.10 Å². The van der Waals surface area contributed by atoms with Crippen molar-refractivity contribution in [2.24, 2.45) is 0 Å². The van der Waals surface area contributed by atoms with Crippen LogP contribution in [0.4, 0.5) is 5.69 Å². The number of amides is 1. The van der Waals surface area contributed by atoms with Gasteiger partial charge in [-0.05, 0) is 31.2 Å². The third kappa shape index (κ3) is 3.34. The molecule has 0 unspecified atom stereocenters. The van der Waals surface area contributed by atoms with Crippen LogP contribution in [0.15, 0.2) is 53.5 Å². The van der Waals surface area contributed by atoms with E-state index in [-0.39, 0.29) is 11.5 Å². The van der Waals surface area contributed by atoms with Gasteiger partial charge in [-0.15, -0.1) is 0 Å². The zero-order chi connectivity index (χ0) is 18.0. The van der Waals surface area contributed by atoms with Crippen LogP contribution < -0.4 is 15.6 Å². The molecule has 3 aromatic rings. The van der Waals surface area contributed by atoms with Crippen LogP contribution in [0.2, 0.25) is 5.02 Å². The molecule has 1 atom stereocenters. The quantitative estimate of drug-likeness (QED) is 0.777. The first-order chi connectivity index (χ1) is 12.0. The summed E-state index contributed by atoms with van der Waals surface area (Å²) in [7, 11) is 1.51. The lowest BCUT2D eigenvalue weighted by Crippen LogP contribution is -2.33. The van der Waals surface area contributed by atoms with Crippen LogP contribution in [-0.4, -0.2) is 22.8 Å². The predicted molar refractivity (Wildman–Crippen MR) is 97.3 cm³/mol. The van der Waals surface area contributed by atoms with Gasteiger partial charge in [-0.25, -0.2) is 4.68 Å². The molecule has 1 aromatic heterocycles. The fourth-order valence-corrected chi connectivity index (χ4v) is 2.74. The van der Waals surface area contributed by atoms with E-state index in [1.807, 2.05) is 6.07 Å². The maximum atomic E-state index is 12.5. The van der Waals surface area contributed by atoms with Crippen molar-refractivity contribution in [1.29, 1.82) is 0 Å². The van der Waals surface area contributed by atoms with Gasteiger partial charge in [0.15, 0.2) is 0 Å². The van der Waals surface area contributed by atoms with Gasteiger partial charge in [0.1, 0.15) is 11.8 Å².